The Balaban J connectivity index is 1.26. The van der Waals surface area contributed by atoms with Crippen molar-refractivity contribution < 1.29 is 4.79 Å². The molecule has 1 aliphatic heterocycles. The third kappa shape index (κ3) is 5.63. The highest BCUT2D eigenvalue weighted by Crippen LogP contribution is 2.33. The minimum atomic E-state index is -0.312. The normalized spacial score (nSPS) is 15.4. The van der Waals surface area contributed by atoms with Crippen molar-refractivity contribution in [1.29, 1.82) is 0 Å². The van der Waals surface area contributed by atoms with Crippen LogP contribution in [0.25, 0.3) is 5.69 Å². The third-order valence-electron chi connectivity index (χ3n) is 7.39. The number of nitrogens with one attached hydrogen (secondary N) is 1. The number of amides is 1. The standard InChI is InChI=1S/C31H35N5O2/c1-23(2)36-31(38)35(22-33-36)28-15-13-25(14-16-28)26-17-19-34(20-18-26)29(27-11-7-4-8-12-27)30(37)32-21-24-9-5-3-6-10-24/h3-16,22-23,26,29H,17-21H2,1-2H3,(H,32,37). The van der Waals surface area contributed by atoms with E-state index in [4.69, 9.17) is 0 Å². The van der Waals surface area contributed by atoms with Gasteiger partial charge in [-0.15, -0.1) is 0 Å². The zero-order valence-corrected chi connectivity index (χ0v) is 22.0. The molecule has 1 unspecified atom stereocenters. The van der Waals surface area contributed by atoms with Crippen molar-refractivity contribution in [3.8, 4) is 5.69 Å². The molecule has 1 saturated heterocycles. The zero-order valence-electron chi connectivity index (χ0n) is 22.0. The lowest BCUT2D eigenvalue weighted by molar-refractivity contribution is -0.127. The first kappa shape index (κ1) is 25.7. The summed E-state index contributed by atoms with van der Waals surface area (Å²) in [5.41, 5.74) is 4.07. The van der Waals surface area contributed by atoms with Gasteiger partial charge < -0.3 is 5.32 Å². The van der Waals surface area contributed by atoms with E-state index in [0.717, 1.165) is 42.7 Å². The van der Waals surface area contributed by atoms with Crippen LogP contribution >= 0.6 is 0 Å². The molecule has 0 radical (unpaired) electrons. The Morgan fingerprint density at radius 1 is 0.921 bits per heavy atom. The molecule has 0 bridgehead atoms. The summed E-state index contributed by atoms with van der Waals surface area (Å²) >= 11 is 0. The number of carbonyl (C=O) groups is 1. The minimum Gasteiger partial charge on any atom is -0.350 e. The molecule has 7 nitrogen and oxygen atoms in total. The molecular formula is C31H35N5O2. The Bertz CT molecular complexity index is 1390. The summed E-state index contributed by atoms with van der Waals surface area (Å²) in [6.07, 6.45) is 3.53. The molecule has 1 amide bonds. The summed E-state index contributed by atoms with van der Waals surface area (Å²) in [6.45, 7) is 6.09. The molecule has 38 heavy (non-hydrogen) atoms. The van der Waals surface area contributed by atoms with E-state index in [2.05, 4.69) is 27.4 Å². The molecule has 1 atom stereocenters. The van der Waals surface area contributed by atoms with E-state index in [9.17, 15) is 9.59 Å². The van der Waals surface area contributed by atoms with E-state index < -0.39 is 0 Å². The van der Waals surface area contributed by atoms with Gasteiger partial charge in [0.05, 0.1) is 11.7 Å². The van der Waals surface area contributed by atoms with Gasteiger partial charge in [0.2, 0.25) is 5.91 Å². The highest BCUT2D eigenvalue weighted by Gasteiger charge is 2.31. The van der Waals surface area contributed by atoms with Crippen LogP contribution < -0.4 is 11.0 Å². The molecule has 5 rings (SSSR count). The smallest absolute Gasteiger partial charge is 0.350 e. The average Bonchev–Trinajstić information content (AvgIpc) is 3.35. The first-order valence-electron chi connectivity index (χ1n) is 13.4. The monoisotopic (exact) mass is 509 g/mol. The van der Waals surface area contributed by atoms with Gasteiger partial charge in [0.1, 0.15) is 12.4 Å². The molecule has 1 aromatic heterocycles. The first-order chi connectivity index (χ1) is 18.5. The number of piperidine rings is 1. The van der Waals surface area contributed by atoms with Crippen molar-refractivity contribution in [2.75, 3.05) is 13.1 Å². The van der Waals surface area contributed by atoms with Gasteiger partial charge in [-0.05, 0) is 74.5 Å². The summed E-state index contributed by atoms with van der Waals surface area (Å²) in [5.74, 6) is 0.453. The van der Waals surface area contributed by atoms with Crippen molar-refractivity contribution >= 4 is 5.91 Å². The van der Waals surface area contributed by atoms with Crippen LogP contribution in [0.15, 0.2) is 96.1 Å². The van der Waals surface area contributed by atoms with Gasteiger partial charge >= 0.3 is 5.69 Å². The number of hydrogen-bond acceptors (Lipinski definition) is 4. The van der Waals surface area contributed by atoms with Gasteiger partial charge in [0.25, 0.3) is 0 Å². The quantitative estimate of drug-likeness (QED) is 0.369. The molecule has 7 heteroatoms. The van der Waals surface area contributed by atoms with Crippen molar-refractivity contribution in [1.82, 2.24) is 24.6 Å². The molecule has 4 aromatic rings. The lowest BCUT2D eigenvalue weighted by Gasteiger charge is -2.37. The number of nitrogens with zero attached hydrogens (tertiary/aromatic N) is 4. The molecular weight excluding hydrogens is 474 g/mol. The number of hydrogen-bond donors (Lipinski definition) is 1. The molecule has 3 aromatic carbocycles. The second-order valence-corrected chi connectivity index (χ2v) is 10.2. The lowest BCUT2D eigenvalue weighted by Crippen LogP contribution is -2.43. The van der Waals surface area contributed by atoms with Crippen LogP contribution in [0.1, 0.15) is 61.4 Å². The van der Waals surface area contributed by atoms with Crippen LogP contribution in [0, 0.1) is 0 Å². The van der Waals surface area contributed by atoms with E-state index in [1.807, 2.05) is 86.6 Å². The highest BCUT2D eigenvalue weighted by molar-refractivity contribution is 5.83. The maximum Gasteiger partial charge on any atom is 0.350 e. The fraction of sp³-hybridized carbons (Fsp3) is 0.323. The van der Waals surface area contributed by atoms with E-state index in [0.29, 0.717) is 12.5 Å². The van der Waals surface area contributed by atoms with Gasteiger partial charge in [0.15, 0.2) is 0 Å². The second-order valence-electron chi connectivity index (χ2n) is 10.2. The van der Waals surface area contributed by atoms with Crippen LogP contribution in [0.5, 0.6) is 0 Å². The SMILES string of the molecule is CC(C)n1ncn(-c2ccc(C3CCN(C(C(=O)NCc4ccccc4)c4ccccc4)CC3)cc2)c1=O. The molecule has 0 saturated carbocycles. The zero-order chi connectivity index (χ0) is 26.5. The summed E-state index contributed by atoms with van der Waals surface area (Å²) < 4.78 is 3.08. The number of benzene rings is 3. The summed E-state index contributed by atoms with van der Waals surface area (Å²) in [4.78, 5) is 28.4. The summed E-state index contributed by atoms with van der Waals surface area (Å²) in [5, 5.41) is 7.38. The highest BCUT2D eigenvalue weighted by atomic mass is 16.2. The van der Waals surface area contributed by atoms with Crippen LogP contribution in [0.2, 0.25) is 0 Å². The van der Waals surface area contributed by atoms with E-state index in [1.165, 1.54) is 10.2 Å². The maximum atomic E-state index is 13.4. The van der Waals surface area contributed by atoms with Gasteiger partial charge in [0, 0.05) is 6.54 Å². The van der Waals surface area contributed by atoms with Crippen LogP contribution in [-0.2, 0) is 11.3 Å². The van der Waals surface area contributed by atoms with Gasteiger partial charge in [-0.1, -0.05) is 72.8 Å². The number of aromatic nitrogens is 3. The van der Waals surface area contributed by atoms with Crippen molar-refractivity contribution in [3.63, 3.8) is 0 Å². The molecule has 1 aliphatic rings. The molecule has 2 heterocycles. The molecule has 0 spiro atoms. The predicted molar refractivity (Wildman–Crippen MR) is 149 cm³/mol. The van der Waals surface area contributed by atoms with Gasteiger partial charge in [-0.25, -0.2) is 14.0 Å². The lowest BCUT2D eigenvalue weighted by atomic mass is 9.88. The van der Waals surface area contributed by atoms with Crippen molar-refractivity contribution in [2.24, 2.45) is 0 Å². The number of rotatable bonds is 8. The fourth-order valence-corrected chi connectivity index (χ4v) is 5.29. The van der Waals surface area contributed by atoms with Gasteiger partial charge in [-0.2, -0.15) is 5.10 Å². The van der Waals surface area contributed by atoms with E-state index >= 15 is 0 Å². The van der Waals surface area contributed by atoms with Crippen molar-refractivity contribution in [2.45, 2.75) is 51.2 Å². The minimum absolute atomic E-state index is 0.0216. The summed E-state index contributed by atoms with van der Waals surface area (Å²) in [6, 6.07) is 28.0. The first-order valence-corrected chi connectivity index (χ1v) is 13.4. The number of likely N-dealkylation sites (tertiary alicyclic amines) is 1. The Morgan fingerprint density at radius 2 is 1.55 bits per heavy atom. The fourth-order valence-electron chi connectivity index (χ4n) is 5.29. The molecule has 1 fully saturated rings. The van der Waals surface area contributed by atoms with E-state index in [1.54, 1.807) is 10.9 Å². The maximum absolute atomic E-state index is 13.4. The van der Waals surface area contributed by atoms with Crippen molar-refractivity contribution in [3.05, 3.63) is 118 Å². The van der Waals surface area contributed by atoms with Crippen LogP contribution in [0.4, 0.5) is 0 Å². The largest absolute Gasteiger partial charge is 0.350 e. The van der Waals surface area contributed by atoms with E-state index in [-0.39, 0.29) is 23.7 Å². The Hall–Kier alpha value is -3.97. The summed E-state index contributed by atoms with van der Waals surface area (Å²) in [7, 11) is 0. The van der Waals surface area contributed by atoms with Gasteiger partial charge in [-0.3, -0.25) is 9.69 Å². The third-order valence-corrected chi connectivity index (χ3v) is 7.39. The Morgan fingerprint density at radius 3 is 2.16 bits per heavy atom. The predicted octanol–water partition coefficient (Wildman–Crippen LogP) is 4.85. The van der Waals surface area contributed by atoms with Crippen LogP contribution in [-0.4, -0.2) is 38.2 Å². The van der Waals surface area contributed by atoms with Crippen LogP contribution in [0.3, 0.4) is 0 Å². The second kappa shape index (κ2) is 11.6. The topological polar surface area (TPSA) is 72.2 Å². The molecule has 196 valence electrons. The average molecular weight is 510 g/mol. The number of carbonyl (C=O) groups excluding carboxylic acids is 1. The Kier molecular flexibility index (Phi) is 7.84. The molecule has 0 aliphatic carbocycles. The Labute approximate surface area is 223 Å². The molecule has 1 N–H and O–H groups in total.